The third kappa shape index (κ3) is 7.54. The molecule has 1 rings (SSSR count). The van der Waals surface area contributed by atoms with E-state index in [0.717, 1.165) is 0 Å². The van der Waals surface area contributed by atoms with Crippen LogP contribution in [0, 0.1) is 12.3 Å². The van der Waals surface area contributed by atoms with Crippen molar-refractivity contribution in [2.45, 2.75) is 33.4 Å². The van der Waals surface area contributed by atoms with Gasteiger partial charge in [0.2, 0.25) is 0 Å². The highest BCUT2D eigenvalue weighted by Crippen LogP contribution is 2.24. The number of rotatable bonds is 7. The topological polar surface area (TPSA) is 70.6 Å². The number of aliphatic hydroxyl groups is 1. The number of ether oxygens (including phenoxy) is 1. The molecule has 1 aromatic rings. The van der Waals surface area contributed by atoms with Gasteiger partial charge in [-0.15, -0.1) is 0 Å². The van der Waals surface area contributed by atoms with E-state index >= 15 is 0 Å². The average Bonchev–Trinajstić information content (AvgIpc) is 2.43. The molecule has 0 atom stereocenters. The predicted molar refractivity (Wildman–Crippen MR) is 85.2 cm³/mol. The zero-order chi connectivity index (χ0) is 18.4. The molecular weight excluding hydrogens is 325 g/mol. The van der Waals surface area contributed by atoms with Crippen molar-refractivity contribution in [2.75, 3.05) is 25.1 Å². The second kappa shape index (κ2) is 8.23. The van der Waals surface area contributed by atoms with E-state index in [1.807, 2.05) is 13.8 Å². The zero-order valence-corrected chi connectivity index (χ0v) is 14.0. The first-order valence-electron chi connectivity index (χ1n) is 7.48. The first-order valence-corrected chi connectivity index (χ1v) is 7.48. The number of nitrogens with one attached hydrogen (secondary N) is 2. The van der Waals surface area contributed by atoms with Gasteiger partial charge >= 0.3 is 12.2 Å². The first-order chi connectivity index (χ1) is 11.0. The number of halogens is 3. The molecule has 0 radical (unpaired) electrons. The fraction of sp³-hybridized carbons (Fsp3) is 0.562. The zero-order valence-electron chi connectivity index (χ0n) is 14.0. The molecule has 0 saturated heterocycles. The largest absolute Gasteiger partial charge is 0.484 e. The van der Waals surface area contributed by atoms with E-state index in [4.69, 9.17) is 9.84 Å². The minimum Gasteiger partial charge on any atom is -0.484 e. The molecule has 1 aromatic carbocycles. The van der Waals surface area contributed by atoms with Crippen LogP contribution in [0.4, 0.5) is 23.7 Å². The van der Waals surface area contributed by atoms with Gasteiger partial charge in [0.05, 0.1) is 0 Å². The van der Waals surface area contributed by atoms with Gasteiger partial charge in [0.25, 0.3) is 0 Å². The van der Waals surface area contributed by atoms with Crippen LogP contribution in [0.3, 0.4) is 0 Å². The number of aliphatic hydroxyl groups excluding tert-OH is 1. The Balaban J connectivity index is 2.56. The van der Waals surface area contributed by atoms with Gasteiger partial charge in [-0.2, -0.15) is 13.2 Å². The lowest BCUT2D eigenvalue weighted by atomic mass is 9.90. The Morgan fingerprint density at radius 2 is 1.96 bits per heavy atom. The summed E-state index contributed by atoms with van der Waals surface area (Å²) in [6.07, 6.45) is -3.84. The highest BCUT2D eigenvalue weighted by atomic mass is 19.4. The lowest BCUT2D eigenvalue weighted by Crippen LogP contribution is -2.37. The Hall–Kier alpha value is -1.96. The lowest BCUT2D eigenvalue weighted by Gasteiger charge is -2.23. The predicted octanol–water partition coefficient (Wildman–Crippen LogP) is 3.47. The molecule has 0 unspecified atom stereocenters. The molecule has 24 heavy (non-hydrogen) atoms. The van der Waals surface area contributed by atoms with Gasteiger partial charge in [-0.05, 0) is 42.5 Å². The van der Waals surface area contributed by atoms with Crippen molar-refractivity contribution in [3.63, 3.8) is 0 Å². The van der Waals surface area contributed by atoms with E-state index in [0.29, 0.717) is 24.2 Å². The Morgan fingerprint density at radius 1 is 1.29 bits per heavy atom. The Labute approximate surface area is 139 Å². The van der Waals surface area contributed by atoms with Crippen LogP contribution in [-0.4, -0.2) is 37.1 Å². The highest BCUT2D eigenvalue weighted by Gasteiger charge is 2.28. The van der Waals surface area contributed by atoms with E-state index in [1.54, 1.807) is 6.92 Å². The van der Waals surface area contributed by atoms with Crippen molar-refractivity contribution >= 4 is 11.7 Å². The van der Waals surface area contributed by atoms with Gasteiger partial charge in [0, 0.05) is 18.8 Å². The van der Waals surface area contributed by atoms with Crippen LogP contribution in [0.2, 0.25) is 0 Å². The number of amides is 2. The SMILES string of the molecule is Cc1cc(NC(=O)NCC(C)(C)CCO)ccc1OCC(F)(F)F. The van der Waals surface area contributed by atoms with Crippen LogP contribution in [0.1, 0.15) is 25.8 Å². The van der Waals surface area contributed by atoms with Crippen LogP contribution in [0.15, 0.2) is 18.2 Å². The standard InChI is InChI=1S/C16H23F3N2O3/c1-11-8-12(4-5-13(11)24-10-16(17,18)19)21-14(23)20-9-15(2,3)6-7-22/h4-5,8,22H,6-7,9-10H2,1-3H3,(H2,20,21,23). The molecule has 0 saturated carbocycles. The van der Waals surface area contributed by atoms with Crippen molar-refractivity contribution < 1.29 is 27.8 Å². The summed E-state index contributed by atoms with van der Waals surface area (Å²) in [6, 6.07) is 3.96. The van der Waals surface area contributed by atoms with Crippen LogP contribution in [-0.2, 0) is 0 Å². The number of hydrogen-bond acceptors (Lipinski definition) is 3. The fourth-order valence-electron chi connectivity index (χ4n) is 1.93. The maximum Gasteiger partial charge on any atom is 0.422 e. The van der Waals surface area contributed by atoms with E-state index in [-0.39, 0.29) is 17.8 Å². The maximum absolute atomic E-state index is 12.2. The van der Waals surface area contributed by atoms with Crippen LogP contribution in [0.5, 0.6) is 5.75 Å². The number of anilines is 1. The molecule has 0 fully saturated rings. The highest BCUT2D eigenvalue weighted by molar-refractivity contribution is 5.89. The quantitative estimate of drug-likeness (QED) is 0.707. The molecular formula is C16H23F3N2O3. The molecule has 5 nitrogen and oxygen atoms in total. The first kappa shape index (κ1) is 20.1. The lowest BCUT2D eigenvalue weighted by molar-refractivity contribution is -0.153. The summed E-state index contributed by atoms with van der Waals surface area (Å²) < 4.78 is 41.2. The fourth-order valence-corrected chi connectivity index (χ4v) is 1.93. The second-order valence-electron chi connectivity index (χ2n) is 6.33. The van der Waals surface area contributed by atoms with E-state index in [9.17, 15) is 18.0 Å². The maximum atomic E-state index is 12.2. The summed E-state index contributed by atoms with van der Waals surface area (Å²) in [5, 5.41) is 14.2. The summed E-state index contributed by atoms with van der Waals surface area (Å²) in [5.74, 6) is 0.113. The van der Waals surface area contributed by atoms with Gasteiger partial charge < -0.3 is 20.5 Å². The molecule has 0 heterocycles. The van der Waals surface area contributed by atoms with Crippen molar-refractivity contribution in [3.05, 3.63) is 23.8 Å². The third-order valence-electron chi connectivity index (χ3n) is 3.34. The molecule has 0 bridgehead atoms. The average molecular weight is 348 g/mol. The summed E-state index contributed by atoms with van der Waals surface area (Å²) in [4.78, 5) is 11.9. The van der Waals surface area contributed by atoms with Crippen LogP contribution < -0.4 is 15.4 Å². The molecule has 3 N–H and O–H groups in total. The molecule has 8 heteroatoms. The number of aryl methyl sites for hydroxylation is 1. The summed E-state index contributed by atoms with van der Waals surface area (Å²) in [5.41, 5.74) is 0.694. The van der Waals surface area contributed by atoms with E-state index in [1.165, 1.54) is 18.2 Å². The van der Waals surface area contributed by atoms with Gasteiger partial charge in [0.15, 0.2) is 6.61 Å². The molecule has 0 aromatic heterocycles. The third-order valence-corrected chi connectivity index (χ3v) is 3.34. The summed E-state index contributed by atoms with van der Waals surface area (Å²) >= 11 is 0. The van der Waals surface area contributed by atoms with E-state index in [2.05, 4.69) is 10.6 Å². The second-order valence-corrected chi connectivity index (χ2v) is 6.33. The number of urea groups is 1. The number of hydrogen-bond donors (Lipinski definition) is 3. The van der Waals surface area contributed by atoms with Gasteiger partial charge in [-0.25, -0.2) is 4.79 Å². The monoisotopic (exact) mass is 348 g/mol. The molecule has 0 aliphatic rings. The molecule has 0 spiro atoms. The van der Waals surface area contributed by atoms with Gasteiger partial charge in [-0.1, -0.05) is 13.8 Å². The van der Waals surface area contributed by atoms with Crippen molar-refractivity contribution in [1.29, 1.82) is 0 Å². The number of carbonyl (C=O) groups excluding carboxylic acids is 1. The number of carbonyl (C=O) groups is 1. The summed E-state index contributed by atoms with van der Waals surface area (Å²) in [6.45, 7) is 4.49. The number of alkyl halides is 3. The van der Waals surface area contributed by atoms with Crippen LogP contribution in [0.25, 0.3) is 0 Å². The minimum atomic E-state index is -4.40. The Bertz CT molecular complexity index is 560. The normalized spacial score (nSPS) is 12.0. The smallest absolute Gasteiger partial charge is 0.422 e. The Kier molecular flexibility index (Phi) is 6.89. The van der Waals surface area contributed by atoms with Crippen molar-refractivity contribution in [1.82, 2.24) is 5.32 Å². The van der Waals surface area contributed by atoms with Crippen molar-refractivity contribution in [3.8, 4) is 5.75 Å². The van der Waals surface area contributed by atoms with E-state index < -0.39 is 18.8 Å². The van der Waals surface area contributed by atoms with Crippen molar-refractivity contribution in [2.24, 2.45) is 5.41 Å². The van der Waals surface area contributed by atoms with Crippen LogP contribution >= 0.6 is 0 Å². The molecule has 2 amide bonds. The summed E-state index contributed by atoms with van der Waals surface area (Å²) in [7, 11) is 0. The number of benzene rings is 1. The van der Waals surface area contributed by atoms with Gasteiger partial charge in [0.1, 0.15) is 5.75 Å². The minimum absolute atomic E-state index is 0.0366. The molecule has 136 valence electrons. The molecule has 0 aliphatic heterocycles. The van der Waals surface area contributed by atoms with Gasteiger partial charge in [-0.3, -0.25) is 0 Å². The molecule has 0 aliphatic carbocycles. The Morgan fingerprint density at radius 3 is 2.50 bits per heavy atom.